The molecule has 0 aromatic heterocycles. The van der Waals surface area contributed by atoms with Crippen LogP contribution in [0.1, 0.15) is 102 Å². The Hall–Kier alpha value is -1.68. The van der Waals surface area contributed by atoms with Crippen molar-refractivity contribution in [2.24, 2.45) is 22.2 Å². The van der Waals surface area contributed by atoms with E-state index in [0.717, 1.165) is 38.1 Å². The van der Waals surface area contributed by atoms with E-state index < -0.39 is 5.97 Å². The molecule has 0 aliphatic heterocycles. The van der Waals surface area contributed by atoms with E-state index >= 15 is 0 Å². The van der Waals surface area contributed by atoms with Crippen molar-refractivity contribution in [1.82, 2.24) is 4.90 Å². The summed E-state index contributed by atoms with van der Waals surface area (Å²) in [6, 6.07) is 7.74. The highest BCUT2D eigenvalue weighted by Crippen LogP contribution is 2.44. The van der Waals surface area contributed by atoms with Gasteiger partial charge in [-0.3, -0.25) is 9.89 Å². The van der Waals surface area contributed by atoms with E-state index in [4.69, 9.17) is 4.99 Å². The normalized spacial score (nSPS) is 23.6. The van der Waals surface area contributed by atoms with Crippen LogP contribution in [0, 0.1) is 17.3 Å². The first-order valence-corrected chi connectivity index (χ1v) is 12.0. The lowest BCUT2D eigenvalue weighted by Crippen LogP contribution is -2.45. The molecule has 174 valence electrons. The Morgan fingerprint density at radius 2 is 1.77 bits per heavy atom. The predicted molar refractivity (Wildman–Crippen MR) is 131 cm³/mol. The molecule has 1 N–H and O–H groups in total. The number of carboxylic acids is 1. The number of rotatable bonds is 9. The lowest BCUT2D eigenvalue weighted by Gasteiger charge is -2.45. The lowest BCUT2D eigenvalue weighted by molar-refractivity contribution is 0.0697. The van der Waals surface area contributed by atoms with Crippen molar-refractivity contribution >= 4 is 12.2 Å². The largest absolute Gasteiger partial charge is 0.478 e. The molecule has 1 fully saturated rings. The number of hydrogen-bond acceptors (Lipinski definition) is 3. The van der Waals surface area contributed by atoms with E-state index in [1.807, 2.05) is 25.3 Å². The van der Waals surface area contributed by atoms with E-state index in [1.165, 1.54) is 18.4 Å². The second-order valence-corrected chi connectivity index (χ2v) is 11.1. The lowest BCUT2D eigenvalue weighted by atomic mass is 9.67. The molecule has 0 bridgehead atoms. The number of likely N-dealkylation sites (N-methyl/N-ethyl adjacent to an activating group) is 1. The minimum atomic E-state index is -0.870. The molecule has 1 unspecified atom stereocenters. The quantitative estimate of drug-likeness (QED) is 0.437. The molecule has 1 aromatic carbocycles. The summed E-state index contributed by atoms with van der Waals surface area (Å²) in [7, 11) is 2.22. The van der Waals surface area contributed by atoms with Crippen LogP contribution in [0.3, 0.4) is 0 Å². The molecule has 1 aliphatic carbocycles. The number of hydrogen-bond donors (Lipinski definition) is 1. The maximum absolute atomic E-state index is 11.3. The summed E-state index contributed by atoms with van der Waals surface area (Å²) >= 11 is 0. The number of benzene rings is 1. The van der Waals surface area contributed by atoms with Gasteiger partial charge in [-0.1, -0.05) is 46.8 Å². The van der Waals surface area contributed by atoms with Gasteiger partial charge in [-0.2, -0.15) is 0 Å². The summed E-state index contributed by atoms with van der Waals surface area (Å²) < 4.78 is 0. The Balaban J connectivity index is 2.21. The van der Waals surface area contributed by atoms with Gasteiger partial charge in [0.15, 0.2) is 0 Å². The second kappa shape index (κ2) is 10.8. The Bertz CT molecular complexity index is 723. The number of nitrogens with zero attached hydrogens (tertiary/aromatic N) is 2. The zero-order valence-electron chi connectivity index (χ0n) is 20.8. The molecule has 1 aliphatic rings. The summed E-state index contributed by atoms with van der Waals surface area (Å²) in [5, 5.41) is 9.26. The van der Waals surface area contributed by atoms with Crippen molar-refractivity contribution in [3.8, 4) is 0 Å². The second-order valence-electron chi connectivity index (χ2n) is 11.1. The first-order chi connectivity index (χ1) is 14.5. The summed E-state index contributed by atoms with van der Waals surface area (Å²) in [5.74, 6) is 0.530. The molecule has 0 saturated heterocycles. The van der Waals surface area contributed by atoms with Crippen molar-refractivity contribution in [2.75, 3.05) is 13.6 Å². The van der Waals surface area contributed by atoms with Gasteiger partial charge in [-0.25, -0.2) is 4.79 Å². The molecule has 2 rings (SSSR count). The highest BCUT2D eigenvalue weighted by molar-refractivity contribution is 5.87. The van der Waals surface area contributed by atoms with Crippen LogP contribution in [0.15, 0.2) is 29.3 Å². The molecular formula is C27H44N2O2. The third-order valence-electron chi connectivity index (χ3n) is 7.18. The standard InChI is InChI=1S/C27H44N2O2/c1-8-28-27(17-15-23(16-18-27)26(4,5)6)19-29(7)24(14-9-20(2)3)21-10-12-22(13-11-21)25(30)31/h8,10-13,20,23-24H,9,14-19H2,1-7H3,(H,30,31). The van der Waals surface area contributed by atoms with E-state index in [2.05, 4.69) is 46.6 Å². The van der Waals surface area contributed by atoms with Crippen molar-refractivity contribution in [1.29, 1.82) is 0 Å². The Kier molecular flexibility index (Phi) is 8.88. The Morgan fingerprint density at radius 1 is 1.19 bits per heavy atom. The van der Waals surface area contributed by atoms with Crippen LogP contribution in [0.4, 0.5) is 0 Å². The molecule has 0 amide bonds. The van der Waals surface area contributed by atoms with Crippen molar-refractivity contribution in [3.05, 3.63) is 35.4 Å². The average molecular weight is 429 g/mol. The third-order valence-corrected chi connectivity index (χ3v) is 7.18. The molecular weight excluding hydrogens is 384 g/mol. The Labute approximate surface area is 190 Å². The summed E-state index contributed by atoms with van der Waals surface area (Å²) in [4.78, 5) is 18.8. The van der Waals surface area contributed by atoms with Gasteiger partial charge in [-0.05, 0) is 93.7 Å². The number of aromatic carboxylic acids is 1. The predicted octanol–water partition coefficient (Wildman–Crippen LogP) is 6.86. The van der Waals surface area contributed by atoms with Crippen molar-refractivity contribution in [2.45, 2.75) is 91.6 Å². The fraction of sp³-hybridized carbons (Fsp3) is 0.704. The van der Waals surface area contributed by atoms with E-state index in [1.54, 1.807) is 12.1 Å². The molecule has 1 atom stereocenters. The van der Waals surface area contributed by atoms with Gasteiger partial charge in [-0.15, -0.1) is 0 Å². The maximum atomic E-state index is 11.3. The van der Waals surface area contributed by atoms with Gasteiger partial charge >= 0.3 is 5.97 Å². The highest BCUT2D eigenvalue weighted by Gasteiger charge is 2.39. The number of carbonyl (C=O) groups is 1. The van der Waals surface area contributed by atoms with E-state index in [9.17, 15) is 9.90 Å². The molecule has 0 spiro atoms. The monoisotopic (exact) mass is 428 g/mol. The van der Waals surface area contributed by atoms with Crippen LogP contribution >= 0.6 is 0 Å². The SMILES string of the molecule is CC=NC1(CN(C)C(CCC(C)C)c2ccc(C(=O)O)cc2)CCC(C(C)(C)C)CC1. The van der Waals surface area contributed by atoms with Crippen LogP contribution < -0.4 is 0 Å². The summed E-state index contributed by atoms with van der Waals surface area (Å²) in [6.07, 6.45) is 8.95. The number of aliphatic imine (C=N–C) groups is 1. The molecule has 4 heteroatoms. The van der Waals surface area contributed by atoms with Crippen molar-refractivity contribution < 1.29 is 9.90 Å². The topological polar surface area (TPSA) is 52.9 Å². The van der Waals surface area contributed by atoms with Crippen LogP contribution in [-0.4, -0.2) is 41.3 Å². The molecule has 1 aromatic rings. The first-order valence-electron chi connectivity index (χ1n) is 12.0. The highest BCUT2D eigenvalue weighted by atomic mass is 16.4. The fourth-order valence-corrected chi connectivity index (χ4v) is 5.18. The minimum Gasteiger partial charge on any atom is -0.478 e. The molecule has 0 heterocycles. The van der Waals surface area contributed by atoms with Crippen LogP contribution in [0.2, 0.25) is 0 Å². The minimum absolute atomic E-state index is 0.0116. The van der Waals surface area contributed by atoms with Crippen LogP contribution in [-0.2, 0) is 0 Å². The van der Waals surface area contributed by atoms with Crippen LogP contribution in [0.25, 0.3) is 0 Å². The van der Waals surface area contributed by atoms with Gasteiger partial charge in [0.1, 0.15) is 0 Å². The molecule has 31 heavy (non-hydrogen) atoms. The van der Waals surface area contributed by atoms with Gasteiger partial charge in [0.2, 0.25) is 0 Å². The first kappa shape index (κ1) is 25.6. The fourth-order valence-electron chi connectivity index (χ4n) is 5.18. The van der Waals surface area contributed by atoms with Gasteiger partial charge in [0.05, 0.1) is 11.1 Å². The molecule has 0 radical (unpaired) electrons. The summed E-state index contributed by atoms with van der Waals surface area (Å²) in [6.45, 7) is 14.6. The zero-order valence-corrected chi connectivity index (χ0v) is 20.8. The number of carboxylic acid groups (broad SMARTS) is 1. The maximum Gasteiger partial charge on any atom is 0.335 e. The van der Waals surface area contributed by atoms with E-state index in [-0.39, 0.29) is 11.6 Å². The average Bonchev–Trinajstić information content (AvgIpc) is 2.68. The third kappa shape index (κ3) is 7.17. The summed E-state index contributed by atoms with van der Waals surface area (Å²) in [5.41, 5.74) is 1.90. The Morgan fingerprint density at radius 3 is 2.23 bits per heavy atom. The van der Waals surface area contributed by atoms with E-state index in [0.29, 0.717) is 16.9 Å². The smallest absolute Gasteiger partial charge is 0.335 e. The van der Waals surface area contributed by atoms with Crippen molar-refractivity contribution in [3.63, 3.8) is 0 Å². The zero-order chi connectivity index (χ0) is 23.2. The van der Waals surface area contributed by atoms with Crippen LogP contribution in [0.5, 0.6) is 0 Å². The molecule has 1 saturated carbocycles. The van der Waals surface area contributed by atoms with Gasteiger partial charge < -0.3 is 5.11 Å². The van der Waals surface area contributed by atoms with Gasteiger partial charge in [0.25, 0.3) is 0 Å². The molecule has 4 nitrogen and oxygen atoms in total. The van der Waals surface area contributed by atoms with Gasteiger partial charge in [0, 0.05) is 12.6 Å².